The minimum absolute atomic E-state index is 0.00740. The van der Waals surface area contributed by atoms with Crippen LogP contribution in [0.25, 0.3) is 0 Å². The van der Waals surface area contributed by atoms with Gasteiger partial charge in [0.2, 0.25) is 0 Å². The van der Waals surface area contributed by atoms with Crippen LogP contribution in [0, 0.1) is 5.92 Å². The minimum Gasteiger partial charge on any atom is -0.508 e. The summed E-state index contributed by atoms with van der Waals surface area (Å²) in [5, 5.41) is 10.1. The highest BCUT2D eigenvalue weighted by atomic mass is 16.5. The lowest BCUT2D eigenvalue weighted by molar-refractivity contribution is -0.146. The number of carbonyl (C=O) groups is 2. The van der Waals surface area contributed by atoms with E-state index in [2.05, 4.69) is 0 Å². The van der Waals surface area contributed by atoms with E-state index in [1.165, 1.54) is 0 Å². The number of ketones is 1. The van der Waals surface area contributed by atoms with Gasteiger partial charge in [-0.05, 0) is 48.9 Å². The average Bonchev–Trinajstić information content (AvgIpc) is 2.77. The lowest BCUT2D eigenvalue weighted by Crippen LogP contribution is -2.38. The molecule has 5 nitrogen and oxygen atoms in total. The number of carbonyl (C=O) groups excluding carboxylic acids is 2. The molecule has 2 aromatic carbocycles. The van der Waals surface area contributed by atoms with Gasteiger partial charge in [-0.25, -0.2) is 0 Å². The number of allylic oxidation sites excluding steroid dienone is 2. The average molecular weight is 418 g/mol. The topological polar surface area (TPSA) is 76.0 Å². The third-order valence-electron chi connectivity index (χ3n) is 6.09. The van der Waals surface area contributed by atoms with E-state index in [0.717, 1.165) is 23.2 Å². The zero-order valence-corrected chi connectivity index (χ0v) is 17.9. The molecule has 0 fully saturated rings. The Bertz CT molecular complexity index is 1050. The number of rotatable bonds is 5. The molecular formula is C26H27NO4. The van der Waals surface area contributed by atoms with Gasteiger partial charge in [0.25, 0.3) is 0 Å². The second-order valence-corrected chi connectivity index (χ2v) is 8.27. The van der Waals surface area contributed by atoms with Crippen LogP contribution in [0.15, 0.2) is 70.9 Å². The molecule has 5 heteroatoms. The molecule has 0 amide bonds. The van der Waals surface area contributed by atoms with Gasteiger partial charge in [-0.3, -0.25) is 14.6 Å². The highest BCUT2D eigenvalue weighted by molar-refractivity contribution is 6.09. The molecule has 1 N–H and O–H groups in total. The van der Waals surface area contributed by atoms with Crippen LogP contribution in [0.4, 0.5) is 0 Å². The Kier molecular flexibility index (Phi) is 6.03. The van der Waals surface area contributed by atoms with Gasteiger partial charge in [-0.15, -0.1) is 0 Å². The van der Waals surface area contributed by atoms with Gasteiger partial charge in [0, 0.05) is 29.3 Å². The SMILES string of the molecule is CCCOC(=O)C1C(C)=NC2=C(C(=O)CC(c3ccccc3)C2)C1c1cccc(O)c1. The first-order valence-corrected chi connectivity index (χ1v) is 10.8. The summed E-state index contributed by atoms with van der Waals surface area (Å²) < 4.78 is 5.47. The third-order valence-corrected chi connectivity index (χ3v) is 6.09. The Labute approximate surface area is 182 Å². The predicted octanol–water partition coefficient (Wildman–Crippen LogP) is 4.92. The second kappa shape index (κ2) is 8.88. The van der Waals surface area contributed by atoms with Crippen LogP contribution >= 0.6 is 0 Å². The van der Waals surface area contributed by atoms with Gasteiger partial charge in [0.05, 0.1) is 6.61 Å². The number of hydrogen-bond acceptors (Lipinski definition) is 5. The molecule has 0 spiro atoms. The standard InChI is InChI=1S/C26H27NO4/c1-3-12-31-26(30)23-16(2)27-21-14-19(17-8-5-4-6-9-17)15-22(29)25(21)24(23)18-10-7-11-20(28)13-18/h4-11,13,19,23-24,28H,3,12,14-15H2,1-2H3. The maximum atomic E-state index is 13.4. The lowest BCUT2D eigenvalue weighted by Gasteiger charge is -2.36. The first-order valence-electron chi connectivity index (χ1n) is 10.8. The van der Waals surface area contributed by atoms with Gasteiger partial charge in [-0.2, -0.15) is 0 Å². The maximum absolute atomic E-state index is 13.4. The zero-order chi connectivity index (χ0) is 22.0. The fourth-order valence-electron chi connectivity index (χ4n) is 4.70. The van der Waals surface area contributed by atoms with Crippen molar-refractivity contribution < 1.29 is 19.4 Å². The zero-order valence-electron chi connectivity index (χ0n) is 17.9. The molecule has 0 saturated heterocycles. The van der Waals surface area contributed by atoms with Crippen molar-refractivity contribution >= 4 is 17.5 Å². The van der Waals surface area contributed by atoms with E-state index in [1.807, 2.05) is 50.2 Å². The number of esters is 1. The Morgan fingerprint density at radius 2 is 1.84 bits per heavy atom. The number of aromatic hydroxyl groups is 1. The number of aliphatic imine (C=N–C) groups is 1. The Morgan fingerprint density at radius 3 is 2.55 bits per heavy atom. The molecule has 1 aliphatic heterocycles. The summed E-state index contributed by atoms with van der Waals surface area (Å²) in [6.45, 7) is 4.09. The Balaban J connectivity index is 1.79. The summed E-state index contributed by atoms with van der Waals surface area (Å²) in [5.41, 5.74) is 3.83. The third kappa shape index (κ3) is 4.18. The molecule has 3 unspecified atom stereocenters. The number of ether oxygens (including phenoxy) is 1. The highest BCUT2D eigenvalue weighted by Gasteiger charge is 2.44. The van der Waals surface area contributed by atoms with Gasteiger partial charge in [0.1, 0.15) is 11.7 Å². The summed E-state index contributed by atoms with van der Waals surface area (Å²) in [5.74, 6) is -1.38. The summed E-state index contributed by atoms with van der Waals surface area (Å²) >= 11 is 0. The molecule has 160 valence electrons. The van der Waals surface area contributed by atoms with Crippen molar-refractivity contribution in [3.05, 3.63) is 77.0 Å². The quantitative estimate of drug-likeness (QED) is 0.701. The lowest BCUT2D eigenvalue weighted by atomic mass is 9.69. The van der Waals surface area contributed by atoms with Crippen molar-refractivity contribution in [2.75, 3.05) is 6.61 Å². The first kappa shape index (κ1) is 21.0. The molecule has 2 aromatic rings. The van der Waals surface area contributed by atoms with Gasteiger partial charge in [0.15, 0.2) is 5.78 Å². The number of benzene rings is 2. The van der Waals surface area contributed by atoms with E-state index >= 15 is 0 Å². The van der Waals surface area contributed by atoms with Crippen LogP contribution in [0.3, 0.4) is 0 Å². The highest BCUT2D eigenvalue weighted by Crippen LogP contribution is 2.47. The molecule has 0 radical (unpaired) electrons. The number of hydrogen-bond donors (Lipinski definition) is 1. The molecule has 4 rings (SSSR count). The van der Waals surface area contributed by atoms with E-state index in [1.54, 1.807) is 18.2 Å². The van der Waals surface area contributed by atoms with Crippen molar-refractivity contribution in [3.63, 3.8) is 0 Å². The minimum atomic E-state index is -0.677. The van der Waals surface area contributed by atoms with Crippen molar-refractivity contribution in [2.24, 2.45) is 10.9 Å². The van der Waals surface area contributed by atoms with Gasteiger partial charge >= 0.3 is 5.97 Å². The summed E-state index contributed by atoms with van der Waals surface area (Å²) in [6, 6.07) is 16.8. The van der Waals surface area contributed by atoms with Crippen LogP contribution in [0.1, 0.15) is 56.1 Å². The molecule has 0 saturated carbocycles. The van der Waals surface area contributed by atoms with Crippen LogP contribution in [0.5, 0.6) is 5.75 Å². The van der Waals surface area contributed by atoms with Crippen molar-refractivity contribution in [3.8, 4) is 5.75 Å². The fraction of sp³-hybridized carbons (Fsp3) is 0.346. The first-order chi connectivity index (χ1) is 15.0. The number of phenols is 1. The molecule has 1 heterocycles. The van der Waals surface area contributed by atoms with E-state index in [-0.39, 0.29) is 23.4 Å². The van der Waals surface area contributed by atoms with Crippen molar-refractivity contribution in [1.82, 2.24) is 0 Å². The molecule has 1 aliphatic carbocycles. The second-order valence-electron chi connectivity index (χ2n) is 8.27. The molecule has 31 heavy (non-hydrogen) atoms. The van der Waals surface area contributed by atoms with E-state index in [0.29, 0.717) is 30.7 Å². The fourth-order valence-corrected chi connectivity index (χ4v) is 4.70. The summed E-state index contributed by atoms with van der Waals surface area (Å²) in [7, 11) is 0. The van der Waals surface area contributed by atoms with Gasteiger partial charge < -0.3 is 9.84 Å². The summed E-state index contributed by atoms with van der Waals surface area (Å²) in [4.78, 5) is 31.2. The van der Waals surface area contributed by atoms with E-state index < -0.39 is 11.8 Å². The normalized spacial score (nSPS) is 23.2. The van der Waals surface area contributed by atoms with Crippen LogP contribution in [-0.2, 0) is 14.3 Å². The van der Waals surface area contributed by atoms with Crippen LogP contribution in [-0.4, -0.2) is 29.2 Å². The summed E-state index contributed by atoms with van der Waals surface area (Å²) in [6.07, 6.45) is 1.75. The molecule has 0 aromatic heterocycles. The number of nitrogens with zero attached hydrogens (tertiary/aromatic N) is 1. The van der Waals surface area contributed by atoms with Crippen molar-refractivity contribution in [2.45, 2.75) is 44.9 Å². The molecule has 2 aliphatic rings. The Morgan fingerprint density at radius 1 is 1.10 bits per heavy atom. The number of Topliss-reactive ketones (excluding diaryl/α,β-unsaturated/α-hetero) is 1. The van der Waals surface area contributed by atoms with Crippen LogP contribution in [0.2, 0.25) is 0 Å². The number of phenolic OH excluding ortho intramolecular Hbond substituents is 1. The molecule has 3 atom stereocenters. The van der Waals surface area contributed by atoms with Gasteiger partial charge in [-0.1, -0.05) is 49.4 Å². The predicted molar refractivity (Wildman–Crippen MR) is 119 cm³/mol. The van der Waals surface area contributed by atoms with Crippen LogP contribution < -0.4 is 0 Å². The maximum Gasteiger partial charge on any atom is 0.315 e. The Hall–Kier alpha value is -3.21. The molecular weight excluding hydrogens is 390 g/mol. The largest absolute Gasteiger partial charge is 0.508 e. The smallest absolute Gasteiger partial charge is 0.315 e. The molecule has 0 bridgehead atoms. The van der Waals surface area contributed by atoms with Crippen molar-refractivity contribution in [1.29, 1.82) is 0 Å². The van der Waals surface area contributed by atoms with E-state index in [9.17, 15) is 14.7 Å². The monoisotopic (exact) mass is 417 g/mol. The van der Waals surface area contributed by atoms with E-state index in [4.69, 9.17) is 9.73 Å².